The normalized spacial score (nSPS) is 17.7. The molecule has 0 atom stereocenters. The molecule has 1 aliphatic rings. The summed E-state index contributed by atoms with van der Waals surface area (Å²) in [4.78, 5) is 13.2. The third-order valence-electron chi connectivity index (χ3n) is 4.27. The lowest BCUT2D eigenvalue weighted by Crippen LogP contribution is -2.42. The number of Topliss-reactive ketones (excluding diaryl/α,β-unsaturated/α-hetero) is 1. The highest BCUT2D eigenvalue weighted by Crippen LogP contribution is 2.39. The van der Waals surface area contributed by atoms with Crippen LogP contribution in [0.2, 0.25) is 0 Å². The first-order valence-electron chi connectivity index (χ1n) is 8.10. The molecule has 0 aromatic heterocycles. The molecule has 21 heavy (non-hydrogen) atoms. The molecule has 0 bridgehead atoms. The van der Waals surface area contributed by atoms with Gasteiger partial charge in [-0.15, -0.1) is 0 Å². The summed E-state index contributed by atoms with van der Waals surface area (Å²) in [5.41, 5.74) is 0.540. The molecule has 1 fully saturated rings. The Morgan fingerprint density at radius 2 is 1.95 bits per heavy atom. The molecular weight excluding hydrogens is 262 g/mol. The SMILES string of the molecule is CCCC1(C(=O)c2ccccc2OC(C)C)CCNCC1. The maximum absolute atomic E-state index is 13.2. The predicted octanol–water partition coefficient (Wildman–Crippen LogP) is 3.83. The lowest BCUT2D eigenvalue weighted by molar-refractivity contribution is 0.0698. The molecule has 3 nitrogen and oxygen atoms in total. The van der Waals surface area contributed by atoms with Crippen LogP contribution in [0.25, 0.3) is 0 Å². The molecule has 0 amide bonds. The summed E-state index contributed by atoms with van der Waals surface area (Å²) in [5, 5.41) is 3.37. The number of ether oxygens (including phenoxy) is 1. The molecule has 0 spiro atoms. The third kappa shape index (κ3) is 3.65. The number of carbonyl (C=O) groups is 1. The van der Waals surface area contributed by atoms with Crippen molar-refractivity contribution in [3.05, 3.63) is 29.8 Å². The molecule has 1 aromatic rings. The van der Waals surface area contributed by atoms with Gasteiger partial charge in [-0.3, -0.25) is 4.79 Å². The second-order valence-electron chi connectivity index (χ2n) is 6.27. The molecular formula is C18H27NO2. The number of ketones is 1. The smallest absolute Gasteiger partial charge is 0.172 e. The molecule has 1 aromatic carbocycles. The molecule has 2 rings (SSSR count). The Bertz CT molecular complexity index is 470. The molecule has 3 heteroatoms. The zero-order valence-corrected chi connectivity index (χ0v) is 13.4. The van der Waals surface area contributed by atoms with Crippen molar-refractivity contribution in [3.8, 4) is 5.75 Å². The summed E-state index contributed by atoms with van der Waals surface area (Å²) in [5.74, 6) is 0.994. The standard InChI is InChI=1S/C18H27NO2/c1-4-9-18(10-12-19-13-11-18)17(20)15-7-5-6-8-16(15)21-14(2)3/h5-8,14,19H,4,9-13H2,1-3H3. The summed E-state index contributed by atoms with van der Waals surface area (Å²) < 4.78 is 5.84. The van der Waals surface area contributed by atoms with E-state index in [-0.39, 0.29) is 17.3 Å². The number of nitrogens with one attached hydrogen (secondary N) is 1. The van der Waals surface area contributed by atoms with Crippen LogP contribution >= 0.6 is 0 Å². The van der Waals surface area contributed by atoms with Crippen molar-refractivity contribution in [2.24, 2.45) is 5.41 Å². The van der Waals surface area contributed by atoms with E-state index in [1.807, 2.05) is 38.1 Å². The Morgan fingerprint density at radius 1 is 1.29 bits per heavy atom. The van der Waals surface area contributed by atoms with E-state index in [9.17, 15) is 4.79 Å². The first-order chi connectivity index (χ1) is 10.1. The Hall–Kier alpha value is -1.35. The van der Waals surface area contributed by atoms with Gasteiger partial charge in [-0.2, -0.15) is 0 Å². The van der Waals surface area contributed by atoms with Gasteiger partial charge < -0.3 is 10.1 Å². The average Bonchev–Trinajstić information content (AvgIpc) is 2.48. The zero-order valence-electron chi connectivity index (χ0n) is 13.4. The Balaban J connectivity index is 2.32. The molecule has 1 aliphatic heterocycles. The fraction of sp³-hybridized carbons (Fsp3) is 0.611. The van der Waals surface area contributed by atoms with Crippen LogP contribution in [-0.2, 0) is 0 Å². The molecule has 0 unspecified atom stereocenters. The van der Waals surface area contributed by atoms with E-state index in [1.54, 1.807) is 0 Å². The van der Waals surface area contributed by atoms with Crippen LogP contribution in [0.3, 0.4) is 0 Å². The summed E-state index contributed by atoms with van der Waals surface area (Å²) in [6, 6.07) is 7.69. The molecule has 0 radical (unpaired) electrons. The van der Waals surface area contributed by atoms with E-state index >= 15 is 0 Å². The quantitative estimate of drug-likeness (QED) is 0.809. The molecule has 1 heterocycles. The topological polar surface area (TPSA) is 38.3 Å². The largest absolute Gasteiger partial charge is 0.490 e. The van der Waals surface area contributed by atoms with Gasteiger partial charge in [-0.25, -0.2) is 0 Å². The molecule has 0 aliphatic carbocycles. The van der Waals surface area contributed by atoms with E-state index in [0.717, 1.165) is 50.1 Å². The van der Waals surface area contributed by atoms with Crippen molar-refractivity contribution in [1.29, 1.82) is 0 Å². The van der Waals surface area contributed by atoms with Gasteiger partial charge >= 0.3 is 0 Å². The highest BCUT2D eigenvalue weighted by molar-refractivity contribution is 6.02. The molecule has 1 saturated heterocycles. The Morgan fingerprint density at radius 3 is 2.57 bits per heavy atom. The number of rotatable bonds is 6. The fourth-order valence-corrected chi connectivity index (χ4v) is 3.27. The van der Waals surface area contributed by atoms with Crippen LogP contribution < -0.4 is 10.1 Å². The van der Waals surface area contributed by atoms with Crippen LogP contribution in [-0.4, -0.2) is 25.0 Å². The minimum Gasteiger partial charge on any atom is -0.490 e. The number of hydrogen-bond acceptors (Lipinski definition) is 3. The average molecular weight is 289 g/mol. The molecule has 116 valence electrons. The van der Waals surface area contributed by atoms with E-state index < -0.39 is 0 Å². The van der Waals surface area contributed by atoms with Gasteiger partial charge in [0.05, 0.1) is 11.7 Å². The molecule has 0 saturated carbocycles. The zero-order chi connectivity index (χ0) is 15.3. The minimum absolute atomic E-state index is 0.0779. The number of carbonyl (C=O) groups excluding carboxylic acids is 1. The van der Waals surface area contributed by atoms with E-state index in [1.165, 1.54) is 0 Å². The summed E-state index contributed by atoms with van der Waals surface area (Å²) in [6.45, 7) is 8.01. The van der Waals surface area contributed by atoms with E-state index in [2.05, 4.69) is 12.2 Å². The third-order valence-corrected chi connectivity index (χ3v) is 4.27. The number of hydrogen-bond donors (Lipinski definition) is 1. The van der Waals surface area contributed by atoms with Crippen molar-refractivity contribution >= 4 is 5.78 Å². The van der Waals surface area contributed by atoms with Gasteiger partial charge in [-0.1, -0.05) is 25.5 Å². The monoisotopic (exact) mass is 289 g/mol. The Kier molecular flexibility index (Phi) is 5.40. The molecule has 1 N–H and O–H groups in total. The summed E-state index contributed by atoms with van der Waals surface area (Å²) in [6.07, 6.45) is 3.93. The number of benzene rings is 1. The van der Waals surface area contributed by atoms with E-state index in [4.69, 9.17) is 4.74 Å². The predicted molar refractivity (Wildman–Crippen MR) is 86.0 cm³/mol. The second-order valence-corrected chi connectivity index (χ2v) is 6.27. The van der Waals surface area contributed by atoms with Crippen LogP contribution in [0.15, 0.2) is 24.3 Å². The van der Waals surface area contributed by atoms with Gasteiger partial charge in [0.2, 0.25) is 0 Å². The van der Waals surface area contributed by atoms with Crippen LogP contribution in [0.4, 0.5) is 0 Å². The first-order valence-corrected chi connectivity index (χ1v) is 8.10. The fourth-order valence-electron chi connectivity index (χ4n) is 3.27. The summed E-state index contributed by atoms with van der Waals surface area (Å²) >= 11 is 0. The summed E-state index contributed by atoms with van der Waals surface area (Å²) in [7, 11) is 0. The number of piperidine rings is 1. The minimum atomic E-state index is -0.212. The van der Waals surface area contributed by atoms with Crippen LogP contribution in [0, 0.1) is 5.41 Å². The van der Waals surface area contributed by atoms with Crippen molar-refractivity contribution < 1.29 is 9.53 Å². The number of para-hydroxylation sites is 1. The maximum atomic E-state index is 13.2. The second kappa shape index (κ2) is 7.08. The first kappa shape index (κ1) is 16.0. The van der Waals surface area contributed by atoms with Gasteiger partial charge in [0, 0.05) is 5.41 Å². The Labute approximate surface area is 128 Å². The lowest BCUT2D eigenvalue weighted by Gasteiger charge is -2.36. The van der Waals surface area contributed by atoms with Gasteiger partial charge in [0.1, 0.15) is 5.75 Å². The maximum Gasteiger partial charge on any atom is 0.172 e. The van der Waals surface area contributed by atoms with Gasteiger partial charge in [-0.05, 0) is 58.3 Å². The van der Waals surface area contributed by atoms with Crippen molar-refractivity contribution in [1.82, 2.24) is 5.32 Å². The lowest BCUT2D eigenvalue weighted by atomic mass is 9.70. The van der Waals surface area contributed by atoms with Gasteiger partial charge in [0.25, 0.3) is 0 Å². The van der Waals surface area contributed by atoms with E-state index in [0.29, 0.717) is 0 Å². The van der Waals surface area contributed by atoms with Crippen LogP contribution in [0.1, 0.15) is 56.8 Å². The van der Waals surface area contributed by atoms with Crippen molar-refractivity contribution in [2.45, 2.75) is 52.6 Å². The highest BCUT2D eigenvalue weighted by atomic mass is 16.5. The van der Waals surface area contributed by atoms with Crippen molar-refractivity contribution in [3.63, 3.8) is 0 Å². The van der Waals surface area contributed by atoms with Crippen molar-refractivity contribution in [2.75, 3.05) is 13.1 Å². The highest BCUT2D eigenvalue weighted by Gasteiger charge is 2.39. The van der Waals surface area contributed by atoms with Gasteiger partial charge in [0.15, 0.2) is 5.78 Å². The van der Waals surface area contributed by atoms with Crippen LogP contribution in [0.5, 0.6) is 5.75 Å².